The lowest BCUT2D eigenvalue weighted by Gasteiger charge is -2.18. The molecule has 2 aromatic rings. The Morgan fingerprint density at radius 2 is 1.45 bits per heavy atom. The molecule has 2 aromatic carbocycles. The van der Waals surface area contributed by atoms with Crippen molar-refractivity contribution in [1.82, 2.24) is 0 Å². The fourth-order valence-corrected chi connectivity index (χ4v) is 2.42. The summed E-state index contributed by atoms with van der Waals surface area (Å²) >= 11 is 0. The van der Waals surface area contributed by atoms with Crippen LogP contribution in [0.25, 0.3) is 0 Å². The van der Waals surface area contributed by atoms with E-state index < -0.39 is 6.48 Å². The van der Waals surface area contributed by atoms with E-state index in [9.17, 15) is 14.4 Å². The molecule has 0 amide bonds. The number of aliphatic hydroxyl groups is 2. The predicted molar refractivity (Wildman–Crippen MR) is 74.0 cm³/mol. The Kier molecular flexibility index (Phi) is 3.32. The van der Waals surface area contributed by atoms with Gasteiger partial charge in [-0.2, -0.15) is 0 Å². The van der Waals surface area contributed by atoms with Crippen molar-refractivity contribution in [2.75, 3.05) is 0 Å². The SMILES string of the molecule is O=Cc1ccc2c(c1)C(=O)c1ccc(OC(O)O)cc1C2=O. The van der Waals surface area contributed by atoms with Crippen molar-refractivity contribution >= 4 is 17.9 Å². The van der Waals surface area contributed by atoms with Gasteiger partial charge in [0, 0.05) is 27.8 Å². The number of rotatable bonds is 3. The van der Waals surface area contributed by atoms with Gasteiger partial charge in [0.2, 0.25) is 0 Å². The quantitative estimate of drug-likeness (QED) is 0.551. The fourth-order valence-electron chi connectivity index (χ4n) is 2.42. The molecule has 0 aromatic heterocycles. The maximum atomic E-state index is 12.5. The number of hydrogen-bond donors (Lipinski definition) is 2. The van der Waals surface area contributed by atoms with Crippen molar-refractivity contribution in [2.45, 2.75) is 6.48 Å². The zero-order valence-corrected chi connectivity index (χ0v) is 11.1. The van der Waals surface area contributed by atoms with Crippen molar-refractivity contribution in [3.8, 4) is 5.75 Å². The maximum absolute atomic E-state index is 12.5. The minimum absolute atomic E-state index is 0.0582. The van der Waals surface area contributed by atoms with Crippen molar-refractivity contribution in [1.29, 1.82) is 0 Å². The number of hydrogen-bond acceptors (Lipinski definition) is 6. The highest BCUT2D eigenvalue weighted by molar-refractivity contribution is 6.28. The second-order valence-electron chi connectivity index (χ2n) is 4.73. The number of benzene rings is 2. The van der Waals surface area contributed by atoms with E-state index in [2.05, 4.69) is 4.74 Å². The second-order valence-corrected chi connectivity index (χ2v) is 4.73. The zero-order valence-electron chi connectivity index (χ0n) is 11.1. The van der Waals surface area contributed by atoms with Crippen LogP contribution in [0.3, 0.4) is 0 Å². The van der Waals surface area contributed by atoms with Crippen LogP contribution in [0.4, 0.5) is 0 Å². The molecule has 110 valence electrons. The summed E-state index contributed by atoms with van der Waals surface area (Å²) in [7, 11) is 0. The molecule has 0 heterocycles. The topological polar surface area (TPSA) is 101 Å². The Hall–Kier alpha value is -2.83. The molecule has 0 unspecified atom stereocenters. The van der Waals surface area contributed by atoms with Gasteiger partial charge in [0.1, 0.15) is 12.0 Å². The molecule has 0 fully saturated rings. The molecule has 1 aliphatic rings. The van der Waals surface area contributed by atoms with E-state index in [0.717, 1.165) is 0 Å². The Balaban J connectivity index is 2.13. The van der Waals surface area contributed by atoms with Gasteiger partial charge in [0.05, 0.1) is 0 Å². The number of ether oxygens (including phenoxy) is 1. The van der Waals surface area contributed by atoms with Crippen LogP contribution in [-0.2, 0) is 0 Å². The van der Waals surface area contributed by atoms with Crippen molar-refractivity contribution < 1.29 is 29.3 Å². The van der Waals surface area contributed by atoms with Crippen molar-refractivity contribution in [3.05, 3.63) is 64.2 Å². The standard InChI is InChI=1S/C16H10O6/c17-7-8-1-3-10-12(5-8)14(18)11-4-2-9(22-16(20)21)6-13(11)15(10)19/h1-7,16,20-21H. The summed E-state index contributed by atoms with van der Waals surface area (Å²) in [6.07, 6.45) is 0.604. The van der Waals surface area contributed by atoms with E-state index in [4.69, 9.17) is 10.2 Å². The Labute approximate surface area is 124 Å². The van der Waals surface area contributed by atoms with Gasteiger partial charge in [-0.25, -0.2) is 0 Å². The predicted octanol–water partition coefficient (Wildman–Crippen LogP) is 0.921. The summed E-state index contributed by atoms with van der Waals surface area (Å²) in [6.45, 7) is -2.02. The first-order chi connectivity index (χ1) is 10.5. The summed E-state index contributed by atoms with van der Waals surface area (Å²) in [4.78, 5) is 35.7. The highest BCUT2D eigenvalue weighted by atomic mass is 16.7. The Morgan fingerprint density at radius 3 is 2.05 bits per heavy atom. The van der Waals surface area contributed by atoms with E-state index >= 15 is 0 Å². The average Bonchev–Trinajstić information content (AvgIpc) is 2.51. The molecule has 2 N–H and O–H groups in total. The minimum atomic E-state index is -2.02. The van der Waals surface area contributed by atoms with Crippen LogP contribution in [-0.4, -0.2) is 34.5 Å². The van der Waals surface area contributed by atoms with E-state index in [1.807, 2.05) is 0 Å². The van der Waals surface area contributed by atoms with E-state index in [-0.39, 0.29) is 39.6 Å². The maximum Gasteiger partial charge on any atom is 0.310 e. The molecule has 22 heavy (non-hydrogen) atoms. The molecule has 0 bridgehead atoms. The molecule has 1 aliphatic carbocycles. The van der Waals surface area contributed by atoms with Crippen molar-refractivity contribution in [2.24, 2.45) is 0 Å². The summed E-state index contributed by atoms with van der Waals surface area (Å²) in [5.41, 5.74) is 0.990. The molecule has 0 saturated heterocycles. The fraction of sp³-hybridized carbons (Fsp3) is 0.0625. The van der Waals surface area contributed by atoms with Gasteiger partial charge < -0.3 is 14.9 Å². The number of aldehydes is 1. The molecule has 0 saturated carbocycles. The molecule has 6 nitrogen and oxygen atoms in total. The van der Waals surface area contributed by atoms with Crippen LogP contribution >= 0.6 is 0 Å². The second kappa shape index (κ2) is 5.18. The summed E-state index contributed by atoms with van der Waals surface area (Å²) in [5, 5.41) is 17.6. The van der Waals surface area contributed by atoms with E-state index in [1.54, 1.807) is 0 Å². The largest absolute Gasteiger partial charge is 0.442 e. The first-order valence-electron chi connectivity index (χ1n) is 6.36. The summed E-state index contributed by atoms with van der Waals surface area (Å²) in [6, 6.07) is 8.29. The van der Waals surface area contributed by atoms with Crippen LogP contribution in [0.15, 0.2) is 36.4 Å². The van der Waals surface area contributed by atoms with E-state index in [0.29, 0.717) is 11.8 Å². The lowest BCUT2D eigenvalue weighted by molar-refractivity contribution is -0.179. The molecular formula is C16H10O6. The van der Waals surface area contributed by atoms with Crippen LogP contribution in [0.1, 0.15) is 42.2 Å². The Morgan fingerprint density at radius 1 is 0.864 bits per heavy atom. The Bertz CT molecular complexity index is 806. The van der Waals surface area contributed by atoms with E-state index in [1.165, 1.54) is 36.4 Å². The van der Waals surface area contributed by atoms with Crippen LogP contribution in [0.5, 0.6) is 5.75 Å². The van der Waals surface area contributed by atoms with Gasteiger partial charge in [0.25, 0.3) is 0 Å². The number of fused-ring (bicyclic) bond motifs is 2. The van der Waals surface area contributed by atoms with Crippen LogP contribution < -0.4 is 4.74 Å². The lowest BCUT2D eigenvalue weighted by atomic mass is 9.83. The number of carbonyl (C=O) groups excluding carboxylic acids is 3. The number of aliphatic hydroxyl groups excluding tert-OH is 1. The molecule has 0 spiro atoms. The molecule has 0 aliphatic heterocycles. The highest BCUT2D eigenvalue weighted by Crippen LogP contribution is 2.30. The third-order valence-corrected chi connectivity index (χ3v) is 3.39. The number of ketones is 2. The minimum Gasteiger partial charge on any atom is -0.442 e. The van der Waals surface area contributed by atoms with Crippen LogP contribution in [0.2, 0.25) is 0 Å². The first kappa shape index (κ1) is 14.1. The highest BCUT2D eigenvalue weighted by Gasteiger charge is 2.30. The number of carbonyl (C=O) groups is 3. The normalized spacial score (nSPS) is 12.9. The first-order valence-corrected chi connectivity index (χ1v) is 6.36. The smallest absolute Gasteiger partial charge is 0.310 e. The summed E-state index contributed by atoms with van der Waals surface area (Å²) < 4.78 is 4.69. The van der Waals surface area contributed by atoms with Gasteiger partial charge in [-0.1, -0.05) is 6.07 Å². The molecule has 0 radical (unpaired) electrons. The molecule has 0 atom stereocenters. The third-order valence-electron chi connectivity index (χ3n) is 3.39. The van der Waals surface area contributed by atoms with Crippen LogP contribution in [0, 0.1) is 0 Å². The van der Waals surface area contributed by atoms with Gasteiger partial charge in [-0.15, -0.1) is 0 Å². The third kappa shape index (κ3) is 2.20. The molecule has 3 rings (SSSR count). The van der Waals surface area contributed by atoms with Crippen molar-refractivity contribution in [3.63, 3.8) is 0 Å². The summed E-state index contributed by atoms with van der Waals surface area (Å²) in [5.74, 6) is -0.702. The van der Waals surface area contributed by atoms with Gasteiger partial charge in [0.15, 0.2) is 11.6 Å². The molecule has 6 heteroatoms. The van der Waals surface area contributed by atoms with Gasteiger partial charge >= 0.3 is 6.48 Å². The van der Waals surface area contributed by atoms with Gasteiger partial charge in [-0.05, 0) is 30.3 Å². The molecular weight excluding hydrogens is 288 g/mol. The zero-order chi connectivity index (χ0) is 15.9. The van der Waals surface area contributed by atoms with Gasteiger partial charge in [-0.3, -0.25) is 14.4 Å². The lowest BCUT2D eigenvalue weighted by Crippen LogP contribution is -2.22. The average molecular weight is 298 g/mol. The monoisotopic (exact) mass is 298 g/mol.